The number of ketones is 2. The Balaban J connectivity index is 1.93. The van der Waals surface area contributed by atoms with Crippen molar-refractivity contribution in [3.05, 3.63) is 35.1 Å². The fraction of sp³-hybridized carbons (Fsp3) is 0.500. The van der Waals surface area contributed by atoms with Crippen LogP contribution < -0.4 is 0 Å². The zero-order valence-electron chi connectivity index (χ0n) is 10.8. The highest BCUT2D eigenvalue weighted by Gasteiger charge is 2.62. The molecule has 0 heterocycles. The van der Waals surface area contributed by atoms with Gasteiger partial charge in [-0.2, -0.15) is 0 Å². The first-order chi connectivity index (χ1) is 9.01. The molecule has 3 aliphatic carbocycles. The molecule has 0 spiro atoms. The largest absolute Gasteiger partial charge is 0.294 e. The minimum atomic E-state index is -0.437. The molecule has 3 aliphatic rings. The van der Waals surface area contributed by atoms with E-state index in [2.05, 4.69) is 6.92 Å². The van der Waals surface area contributed by atoms with E-state index in [9.17, 15) is 14.0 Å². The van der Waals surface area contributed by atoms with Gasteiger partial charge >= 0.3 is 0 Å². The number of hydrogen-bond donors (Lipinski definition) is 0. The zero-order valence-corrected chi connectivity index (χ0v) is 10.8. The van der Waals surface area contributed by atoms with E-state index < -0.39 is 5.82 Å². The average molecular weight is 258 g/mol. The number of halogens is 1. The van der Waals surface area contributed by atoms with Crippen molar-refractivity contribution >= 4 is 11.6 Å². The molecule has 0 N–H and O–H groups in total. The molecular formula is C16H15FO2. The van der Waals surface area contributed by atoms with Crippen LogP contribution in [0.25, 0.3) is 0 Å². The Labute approximate surface area is 111 Å². The lowest BCUT2D eigenvalue weighted by molar-refractivity contribution is 0.0572. The molecule has 1 aromatic rings. The summed E-state index contributed by atoms with van der Waals surface area (Å²) in [4.78, 5) is 25.3. The molecule has 0 aliphatic heterocycles. The van der Waals surface area contributed by atoms with Crippen LogP contribution in [0.2, 0.25) is 0 Å². The maximum atomic E-state index is 13.3. The van der Waals surface area contributed by atoms with E-state index in [-0.39, 0.29) is 28.8 Å². The SMILES string of the molecule is CC12CCC(C1)C1C(=O)c3cc(F)ccc3C(=O)C12. The number of carbonyl (C=O) groups excluding carboxylic acids is 2. The quantitative estimate of drug-likeness (QED) is 0.715. The molecule has 2 saturated carbocycles. The third-order valence-corrected chi connectivity index (χ3v) is 5.53. The first-order valence-electron chi connectivity index (χ1n) is 6.89. The van der Waals surface area contributed by atoms with Crippen LogP contribution in [-0.4, -0.2) is 11.6 Å². The van der Waals surface area contributed by atoms with Crippen molar-refractivity contribution in [3.63, 3.8) is 0 Å². The molecule has 98 valence electrons. The minimum absolute atomic E-state index is 0.00692. The molecule has 4 rings (SSSR count). The normalized spacial score (nSPS) is 39.4. The molecule has 0 radical (unpaired) electrons. The van der Waals surface area contributed by atoms with Gasteiger partial charge in [0.25, 0.3) is 0 Å². The van der Waals surface area contributed by atoms with E-state index in [4.69, 9.17) is 0 Å². The molecule has 0 saturated heterocycles. The van der Waals surface area contributed by atoms with E-state index in [0.29, 0.717) is 17.0 Å². The minimum Gasteiger partial charge on any atom is -0.294 e. The van der Waals surface area contributed by atoms with Gasteiger partial charge < -0.3 is 0 Å². The van der Waals surface area contributed by atoms with Crippen LogP contribution in [0, 0.1) is 29.0 Å². The zero-order chi connectivity index (χ0) is 13.4. The molecule has 19 heavy (non-hydrogen) atoms. The van der Waals surface area contributed by atoms with Gasteiger partial charge in [0.05, 0.1) is 0 Å². The van der Waals surface area contributed by atoms with Gasteiger partial charge in [0, 0.05) is 23.0 Å². The Hall–Kier alpha value is -1.51. The van der Waals surface area contributed by atoms with Crippen LogP contribution in [-0.2, 0) is 0 Å². The number of benzene rings is 1. The number of Topliss-reactive ketones (excluding diaryl/α,β-unsaturated/α-hetero) is 2. The van der Waals surface area contributed by atoms with Crippen LogP contribution in [0.15, 0.2) is 18.2 Å². The highest BCUT2D eigenvalue weighted by molar-refractivity contribution is 6.16. The van der Waals surface area contributed by atoms with E-state index in [1.807, 2.05) is 0 Å². The van der Waals surface area contributed by atoms with Gasteiger partial charge in [0.15, 0.2) is 11.6 Å². The predicted octanol–water partition coefficient (Wildman–Crippen LogP) is 3.26. The lowest BCUT2D eigenvalue weighted by Gasteiger charge is -2.38. The smallest absolute Gasteiger partial charge is 0.167 e. The summed E-state index contributed by atoms with van der Waals surface area (Å²) in [6.07, 6.45) is 3.03. The highest BCUT2D eigenvalue weighted by atomic mass is 19.1. The van der Waals surface area contributed by atoms with Gasteiger partial charge in [-0.25, -0.2) is 4.39 Å². The van der Waals surface area contributed by atoms with E-state index in [1.165, 1.54) is 18.2 Å². The van der Waals surface area contributed by atoms with Gasteiger partial charge in [-0.1, -0.05) is 6.92 Å². The number of carbonyl (C=O) groups is 2. The van der Waals surface area contributed by atoms with E-state index in [0.717, 1.165) is 19.3 Å². The number of rotatable bonds is 0. The number of fused-ring (bicyclic) bond motifs is 6. The van der Waals surface area contributed by atoms with Crippen LogP contribution in [0.3, 0.4) is 0 Å². The summed E-state index contributed by atoms with van der Waals surface area (Å²) in [5.41, 5.74) is 0.720. The predicted molar refractivity (Wildman–Crippen MR) is 67.5 cm³/mol. The molecule has 4 atom stereocenters. The summed E-state index contributed by atoms with van der Waals surface area (Å²) in [5, 5.41) is 0. The van der Waals surface area contributed by atoms with Crippen molar-refractivity contribution in [2.24, 2.45) is 23.2 Å². The van der Waals surface area contributed by atoms with Crippen molar-refractivity contribution in [2.45, 2.75) is 26.2 Å². The van der Waals surface area contributed by atoms with Crippen LogP contribution in [0.4, 0.5) is 4.39 Å². The maximum absolute atomic E-state index is 13.3. The summed E-state index contributed by atoms with van der Waals surface area (Å²) in [6.45, 7) is 2.14. The number of hydrogen-bond acceptors (Lipinski definition) is 2. The van der Waals surface area contributed by atoms with Crippen molar-refractivity contribution in [1.29, 1.82) is 0 Å². The molecule has 3 heteroatoms. The lowest BCUT2D eigenvalue weighted by Crippen LogP contribution is -2.43. The third-order valence-electron chi connectivity index (χ3n) is 5.53. The van der Waals surface area contributed by atoms with Gasteiger partial charge in [-0.15, -0.1) is 0 Å². The molecule has 4 unspecified atom stereocenters. The van der Waals surface area contributed by atoms with E-state index >= 15 is 0 Å². The monoisotopic (exact) mass is 258 g/mol. The van der Waals surface area contributed by atoms with Crippen LogP contribution >= 0.6 is 0 Å². The lowest BCUT2D eigenvalue weighted by atomic mass is 9.63. The Kier molecular flexibility index (Phi) is 1.98. The second-order valence-corrected chi connectivity index (χ2v) is 6.58. The molecule has 2 bridgehead atoms. The molecule has 1 aromatic carbocycles. The summed E-state index contributed by atoms with van der Waals surface area (Å²) >= 11 is 0. The van der Waals surface area contributed by atoms with Gasteiger partial charge in [0.2, 0.25) is 0 Å². The fourth-order valence-electron chi connectivity index (χ4n) is 4.74. The highest BCUT2D eigenvalue weighted by Crippen LogP contribution is 2.63. The Morgan fingerprint density at radius 3 is 2.79 bits per heavy atom. The molecule has 2 nitrogen and oxygen atoms in total. The Morgan fingerprint density at radius 2 is 2.00 bits per heavy atom. The average Bonchev–Trinajstić information content (AvgIpc) is 2.89. The van der Waals surface area contributed by atoms with Crippen molar-refractivity contribution < 1.29 is 14.0 Å². The third kappa shape index (κ3) is 1.26. The topological polar surface area (TPSA) is 34.1 Å². The fourth-order valence-corrected chi connectivity index (χ4v) is 4.74. The maximum Gasteiger partial charge on any atom is 0.167 e. The van der Waals surface area contributed by atoms with Crippen molar-refractivity contribution in [3.8, 4) is 0 Å². The molecule has 2 fully saturated rings. The second-order valence-electron chi connectivity index (χ2n) is 6.58. The molecule has 0 aromatic heterocycles. The Bertz CT molecular complexity index is 621. The first-order valence-corrected chi connectivity index (χ1v) is 6.89. The summed E-state index contributed by atoms with van der Waals surface area (Å²) in [5.74, 6) is -0.426. The van der Waals surface area contributed by atoms with Gasteiger partial charge in [-0.05, 0) is 48.8 Å². The van der Waals surface area contributed by atoms with Crippen molar-refractivity contribution in [2.75, 3.05) is 0 Å². The summed E-state index contributed by atoms with van der Waals surface area (Å²) < 4.78 is 13.3. The van der Waals surface area contributed by atoms with Crippen LogP contribution in [0.5, 0.6) is 0 Å². The summed E-state index contributed by atoms with van der Waals surface area (Å²) in [6, 6.07) is 4.00. The Morgan fingerprint density at radius 1 is 1.21 bits per heavy atom. The van der Waals surface area contributed by atoms with Crippen LogP contribution in [0.1, 0.15) is 46.9 Å². The second kappa shape index (κ2) is 3.33. The van der Waals surface area contributed by atoms with E-state index in [1.54, 1.807) is 0 Å². The first kappa shape index (κ1) is 11.3. The van der Waals surface area contributed by atoms with Gasteiger partial charge in [0.1, 0.15) is 5.82 Å². The van der Waals surface area contributed by atoms with Crippen molar-refractivity contribution in [1.82, 2.24) is 0 Å². The molecular weight excluding hydrogens is 243 g/mol. The summed E-state index contributed by atoms with van der Waals surface area (Å²) in [7, 11) is 0. The standard InChI is InChI=1S/C16H15FO2/c1-16-5-4-8(7-16)12-13(16)15(19)10-3-2-9(17)6-11(10)14(12)18/h2-3,6,8,12-13H,4-5,7H2,1H3. The van der Waals surface area contributed by atoms with Gasteiger partial charge in [-0.3, -0.25) is 9.59 Å². The molecule has 0 amide bonds.